The zero-order chi connectivity index (χ0) is 18.0. The Kier molecular flexibility index (Phi) is 6.90. The summed E-state index contributed by atoms with van der Waals surface area (Å²) in [7, 11) is -2.23. The van der Waals surface area contributed by atoms with E-state index in [1.165, 1.54) is 17.5 Å². The van der Waals surface area contributed by atoms with Gasteiger partial charge >= 0.3 is 0 Å². The number of amides is 1. The molecule has 0 spiro atoms. The van der Waals surface area contributed by atoms with Crippen LogP contribution in [0.15, 0.2) is 23.1 Å². The van der Waals surface area contributed by atoms with E-state index < -0.39 is 10.0 Å². The van der Waals surface area contributed by atoms with Crippen molar-refractivity contribution in [1.82, 2.24) is 9.21 Å². The molecule has 1 unspecified atom stereocenters. The number of halogens is 1. The van der Waals surface area contributed by atoms with Crippen molar-refractivity contribution in [3.8, 4) is 5.75 Å². The molecular weight excluding hydrogens is 378 g/mol. The summed E-state index contributed by atoms with van der Waals surface area (Å²) >= 11 is 0. The molecule has 1 atom stereocenters. The van der Waals surface area contributed by atoms with Gasteiger partial charge in [0.05, 0.1) is 7.11 Å². The number of nitrogens with two attached hydrogens (primary N) is 1. The molecule has 1 aromatic rings. The van der Waals surface area contributed by atoms with Crippen LogP contribution in [0.4, 0.5) is 0 Å². The summed E-state index contributed by atoms with van der Waals surface area (Å²) in [6.07, 6.45) is 3.47. The van der Waals surface area contributed by atoms with Gasteiger partial charge in [0.1, 0.15) is 10.6 Å². The average Bonchev–Trinajstić information content (AvgIpc) is 3.16. The highest BCUT2D eigenvalue weighted by Crippen LogP contribution is 2.30. The minimum absolute atomic E-state index is 0. The van der Waals surface area contributed by atoms with Gasteiger partial charge in [0, 0.05) is 37.8 Å². The van der Waals surface area contributed by atoms with E-state index in [0.717, 1.165) is 25.7 Å². The van der Waals surface area contributed by atoms with Crippen molar-refractivity contribution in [2.24, 2.45) is 5.73 Å². The number of sulfonamides is 1. The third-order valence-electron chi connectivity index (χ3n) is 4.84. The molecule has 26 heavy (non-hydrogen) atoms. The fourth-order valence-electron chi connectivity index (χ4n) is 3.46. The van der Waals surface area contributed by atoms with Crippen LogP contribution in [0.3, 0.4) is 0 Å². The van der Waals surface area contributed by atoms with Crippen LogP contribution in [0.25, 0.3) is 0 Å². The topological polar surface area (TPSA) is 92.9 Å². The molecule has 2 aliphatic rings. The molecule has 2 heterocycles. The largest absolute Gasteiger partial charge is 0.495 e. The normalized spacial score (nSPS) is 21.3. The maximum absolute atomic E-state index is 12.9. The van der Waals surface area contributed by atoms with E-state index in [1.807, 2.05) is 0 Å². The van der Waals surface area contributed by atoms with Crippen molar-refractivity contribution in [2.75, 3.05) is 33.3 Å². The van der Waals surface area contributed by atoms with Gasteiger partial charge in [-0.05, 0) is 43.9 Å². The highest BCUT2D eigenvalue weighted by molar-refractivity contribution is 7.89. The van der Waals surface area contributed by atoms with Crippen LogP contribution in [0.2, 0.25) is 0 Å². The smallest absolute Gasteiger partial charge is 0.253 e. The fraction of sp³-hybridized carbons (Fsp3) is 0.588. The lowest BCUT2D eigenvalue weighted by molar-refractivity contribution is 0.0708. The van der Waals surface area contributed by atoms with Crippen molar-refractivity contribution in [1.29, 1.82) is 0 Å². The van der Waals surface area contributed by atoms with Gasteiger partial charge < -0.3 is 15.4 Å². The van der Waals surface area contributed by atoms with E-state index >= 15 is 0 Å². The molecular formula is C17H26ClN3O4S. The Balaban J connectivity index is 0.00000243. The standard InChI is InChI=1S/C17H25N3O4S.ClH/c1-24-15-7-6-13(17(21)19-8-4-5-14(18)12-19)11-16(15)25(22,23)20-9-2-3-10-20;/h6-7,11,14H,2-5,8-10,12,18H2,1H3;1H. The molecule has 1 amide bonds. The highest BCUT2D eigenvalue weighted by Gasteiger charge is 2.31. The zero-order valence-corrected chi connectivity index (χ0v) is 16.5. The molecule has 2 aliphatic heterocycles. The van der Waals surface area contributed by atoms with E-state index in [-0.39, 0.29) is 35.0 Å². The number of rotatable bonds is 4. The second-order valence-corrected chi connectivity index (χ2v) is 8.54. The number of hydrogen-bond acceptors (Lipinski definition) is 5. The Labute approximate surface area is 160 Å². The molecule has 0 aliphatic carbocycles. The maximum atomic E-state index is 12.9. The molecule has 0 bridgehead atoms. The lowest BCUT2D eigenvalue weighted by Gasteiger charge is -2.31. The maximum Gasteiger partial charge on any atom is 0.253 e. The van der Waals surface area contributed by atoms with Gasteiger partial charge in [-0.15, -0.1) is 12.4 Å². The van der Waals surface area contributed by atoms with Crippen LogP contribution in [0, 0.1) is 0 Å². The van der Waals surface area contributed by atoms with Crippen LogP contribution in [-0.2, 0) is 10.0 Å². The first kappa shape index (κ1) is 21.0. The molecule has 0 aromatic heterocycles. The second-order valence-electron chi connectivity index (χ2n) is 6.63. The van der Waals surface area contributed by atoms with Gasteiger partial charge in [0.2, 0.25) is 10.0 Å². The SMILES string of the molecule is COc1ccc(C(=O)N2CCCC(N)C2)cc1S(=O)(=O)N1CCCC1.Cl. The van der Waals surface area contributed by atoms with Gasteiger partial charge in [0.25, 0.3) is 5.91 Å². The van der Waals surface area contributed by atoms with Crippen LogP contribution in [-0.4, -0.2) is 62.9 Å². The lowest BCUT2D eigenvalue weighted by atomic mass is 10.1. The van der Waals surface area contributed by atoms with E-state index in [2.05, 4.69) is 0 Å². The molecule has 7 nitrogen and oxygen atoms in total. The number of carbonyl (C=O) groups excluding carboxylic acids is 1. The lowest BCUT2D eigenvalue weighted by Crippen LogP contribution is -2.45. The third kappa shape index (κ3) is 4.14. The summed E-state index contributed by atoms with van der Waals surface area (Å²) in [5.41, 5.74) is 6.31. The van der Waals surface area contributed by atoms with E-state index in [4.69, 9.17) is 10.5 Å². The first-order chi connectivity index (χ1) is 11.9. The summed E-state index contributed by atoms with van der Waals surface area (Å²) in [5.74, 6) is 0.0782. The molecule has 146 valence electrons. The zero-order valence-electron chi connectivity index (χ0n) is 14.9. The van der Waals surface area contributed by atoms with Gasteiger partial charge in [-0.3, -0.25) is 4.79 Å². The number of likely N-dealkylation sites (tertiary alicyclic amines) is 1. The van der Waals surface area contributed by atoms with Gasteiger partial charge in [0.15, 0.2) is 0 Å². The molecule has 0 radical (unpaired) electrons. The Bertz CT molecular complexity index is 750. The fourth-order valence-corrected chi connectivity index (χ4v) is 5.15. The molecule has 2 N–H and O–H groups in total. The predicted octanol–water partition coefficient (Wildman–Crippen LogP) is 1.46. The Hall–Kier alpha value is -1.35. The Morgan fingerprint density at radius 3 is 2.50 bits per heavy atom. The van der Waals surface area contributed by atoms with Crippen molar-refractivity contribution in [3.63, 3.8) is 0 Å². The summed E-state index contributed by atoms with van der Waals surface area (Å²) in [6.45, 7) is 2.15. The number of benzene rings is 1. The average molecular weight is 404 g/mol. The molecule has 2 saturated heterocycles. The molecule has 2 fully saturated rings. The summed E-state index contributed by atoms with van der Waals surface area (Å²) < 4.78 is 32.5. The van der Waals surface area contributed by atoms with Gasteiger partial charge in [-0.25, -0.2) is 8.42 Å². The second kappa shape index (κ2) is 8.56. The Morgan fingerprint density at radius 1 is 1.19 bits per heavy atom. The van der Waals surface area contributed by atoms with Crippen LogP contribution < -0.4 is 10.5 Å². The van der Waals surface area contributed by atoms with E-state index in [0.29, 0.717) is 31.7 Å². The number of nitrogens with zero attached hydrogens (tertiary/aromatic N) is 2. The number of ether oxygens (including phenoxy) is 1. The monoisotopic (exact) mass is 403 g/mol. The van der Waals surface area contributed by atoms with Gasteiger partial charge in [-0.2, -0.15) is 4.31 Å². The molecule has 0 saturated carbocycles. The first-order valence-corrected chi connectivity index (χ1v) is 10.1. The Morgan fingerprint density at radius 2 is 1.88 bits per heavy atom. The van der Waals surface area contributed by atoms with Crippen molar-refractivity contribution < 1.29 is 17.9 Å². The van der Waals surface area contributed by atoms with E-state index in [9.17, 15) is 13.2 Å². The predicted molar refractivity (Wildman–Crippen MR) is 101 cm³/mol. The minimum atomic E-state index is -3.67. The quantitative estimate of drug-likeness (QED) is 0.821. The van der Waals surface area contributed by atoms with Gasteiger partial charge in [-0.1, -0.05) is 0 Å². The summed E-state index contributed by atoms with van der Waals surface area (Å²) in [4.78, 5) is 14.5. The molecule has 3 rings (SSSR count). The summed E-state index contributed by atoms with van der Waals surface area (Å²) in [5, 5.41) is 0. The number of carbonyl (C=O) groups is 1. The van der Waals surface area contributed by atoms with Crippen molar-refractivity contribution in [2.45, 2.75) is 36.6 Å². The molecule has 1 aromatic carbocycles. The molecule has 9 heteroatoms. The van der Waals surface area contributed by atoms with Crippen LogP contribution in [0.5, 0.6) is 5.75 Å². The van der Waals surface area contributed by atoms with Crippen molar-refractivity contribution >= 4 is 28.3 Å². The number of hydrogen-bond donors (Lipinski definition) is 1. The highest BCUT2D eigenvalue weighted by atomic mass is 35.5. The minimum Gasteiger partial charge on any atom is -0.495 e. The van der Waals surface area contributed by atoms with E-state index in [1.54, 1.807) is 17.0 Å². The summed E-state index contributed by atoms with van der Waals surface area (Å²) in [6, 6.07) is 4.59. The number of piperidine rings is 1. The van der Waals surface area contributed by atoms with Crippen LogP contribution >= 0.6 is 12.4 Å². The third-order valence-corrected chi connectivity index (χ3v) is 6.76. The van der Waals surface area contributed by atoms with Crippen LogP contribution in [0.1, 0.15) is 36.0 Å². The number of methoxy groups -OCH3 is 1. The first-order valence-electron chi connectivity index (χ1n) is 8.66. The van der Waals surface area contributed by atoms with Crippen molar-refractivity contribution in [3.05, 3.63) is 23.8 Å².